The summed E-state index contributed by atoms with van der Waals surface area (Å²) in [6, 6.07) is 5.86. The predicted molar refractivity (Wildman–Crippen MR) is 55.9 cm³/mol. The van der Waals surface area contributed by atoms with Crippen molar-refractivity contribution in [2.24, 2.45) is 0 Å². The van der Waals surface area contributed by atoms with Crippen LogP contribution in [0.25, 0.3) is 0 Å². The highest BCUT2D eigenvalue weighted by atomic mass is 16.5. The minimum atomic E-state index is 0.682. The molecular formula is C10H15N3O. The fraction of sp³-hybridized carbons (Fsp3) is 0.500. The van der Waals surface area contributed by atoms with Gasteiger partial charge in [0.15, 0.2) is 0 Å². The largest absolute Gasteiger partial charge is 0.481 e. The average molecular weight is 193 g/mol. The van der Waals surface area contributed by atoms with E-state index in [1.54, 1.807) is 7.11 Å². The molecule has 2 rings (SSSR count). The molecule has 0 radical (unpaired) electrons. The third kappa shape index (κ3) is 1.96. The minimum Gasteiger partial charge on any atom is -0.481 e. The molecule has 1 saturated heterocycles. The zero-order valence-electron chi connectivity index (χ0n) is 8.36. The SMILES string of the molecule is COc1cccc(N2CCNCC2)n1. The summed E-state index contributed by atoms with van der Waals surface area (Å²) in [5.74, 6) is 1.69. The second kappa shape index (κ2) is 4.28. The van der Waals surface area contributed by atoms with Crippen molar-refractivity contribution < 1.29 is 4.74 Å². The third-order valence-electron chi connectivity index (χ3n) is 2.36. The number of rotatable bonds is 2. The third-order valence-corrected chi connectivity index (χ3v) is 2.36. The van der Waals surface area contributed by atoms with Crippen molar-refractivity contribution in [1.29, 1.82) is 0 Å². The predicted octanol–water partition coefficient (Wildman–Crippen LogP) is 0.500. The molecule has 1 aromatic heterocycles. The lowest BCUT2D eigenvalue weighted by Crippen LogP contribution is -2.43. The molecule has 0 aromatic carbocycles. The van der Waals surface area contributed by atoms with Gasteiger partial charge in [0.1, 0.15) is 5.82 Å². The Morgan fingerprint density at radius 1 is 1.36 bits per heavy atom. The van der Waals surface area contributed by atoms with Crippen LogP contribution in [-0.4, -0.2) is 38.3 Å². The highest BCUT2D eigenvalue weighted by Gasteiger charge is 2.11. The Morgan fingerprint density at radius 3 is 2.86 bits per heavy atom. The molecule has 0 unspecified atom stereocenters. The molecule has 0 atom stereocenters. The van der Waals surface area contributed by atoms with Gasteiger partial charge in [-0.05, 0) is 6.07 Å². The van der Waals surface area contributed by atoms with E-state index in [1.807, 2.05) is 18.2 Å². The smallest absolute Gasteiger partial charge is 0.214 e. The fourth-order valence-electron chi connectivity index (χ4n) is 1.59. The van der Waals surface area contributed by atoms with Crippen molar-refractivity contribution in [1.82, 2.24) is 10.3 Å². The van der Waals surface area contributed by atoms with Gasteiger partial charge in [0.05, 0.1) is 7.11 Å². The molecule has 0 saturated carbocycles. The second-order valence-corrected chi connectivity index (χ2v) is 3.28. The van der Waals surface area contributed by atoms with Crippen LogP contribution in [0.3, 0.4) is 0 Å². The van der Waals surface area contributed by atoms with Gasteiger partial charge >= 0.3 is 0 Å². The van der Waals surface area contributed by atoms with Crippen molar-refractivity contribution in [3.05, 3.63) is 18.2 Å². The Labute approximate surface area is 83.9 Å². The maximum Gasteiger partial charge on any atom is 0.214 e. The summed E-state index contributed by atoms with van der Waals surface area (Å²) in [5, 5.41) is 3.31. The quantitative estimate of drug-likeness (QED) is 0.742. The van der Waals surface area contributed by atoms with Gasteiger partial charge in [-0.1, -0.05) is 6.07 Å². The van der Waals surface area contributed by atoms with E-state index in [4.69, 9.17) is 4.74 Å². The molecule has 1 aliphatic heterocycles. The normalized spacial score (nSPS) is 16.8. The van der Waals surface area contributed by atoms with Crippen LogP contribution in [0.5, 0.6) is 5.88 Å². The number of anilines is 1. The second-order valence-electron chi connectivity index (χ2n) is 3.28. The molecule has 1 N–H and O–H groups in total. The van der Waals surface area contributed by atoms with Gasteiger partial charge in [0.25, 0.3) is 0 Å². The topological polar surface area (TPSA) is 37.4 Å². The zero-order chi connectivity index (χ0) is 9.80. The summed E-state index contributed by atoms with van der Waals surface area (Å²) < 4.78 is 5.09. The molecule has 1 aromatic rings. The first kappa shape index (κ1) is 9.27. The van der Waals surface area contributed by atoms with Crippen molar-refractivity contribution >= 4 is 5.82 Å². The molecule has 0 amide bonds. The molecule has 0 spiro atoms. The number of methoxy groups -OCH3 is 1. The number of ether oxygens (including phenoxy) is 1. The Kier molecular flexibility index (Phi) is 2.84. The first-order valence-corrected chi connectivity index (χ1v) is 4.87. The molecule has 76 valence electrons. The number of aromatic nitrogens is 1. The van der Waals surface area contributed by atoms with Gasteiger partial charge in [0.2, 0.25) is 5.88 Å². The van der Waals surface area contributed by atoms with Crippen molar-refractivity contribution in [2.45, 2.75) is 0 Å². The van der Waals surface area contributed by atoms with Crippen LogP contribution < -0.4 is 15.0 Å². The Bertz CT molecular complexity index is 297. The van der Waals surface area contributed by atoms with E-state index < -0.39 is 0 Å². The summed E-state index contributed by atoms with van der Waals surface area (Å²) in [6.45, 7) is 4.08. The van der Waals surface area contributed by atoms with Crippen LogP contribution in [0.15, 0.2) is 18.2 Å². The highest BCUT2D eigenvalue weighted by molar-refractivity contribution is 5.41. The van der Waals surface area contributed by atoms with E-state index in [0.29, 0.717) is 5.88 Å². The lowest BCUT2D eigenvalue weighted by atomic mass is 10.3. The molecule has 1 aliphatic rings. The van der Waals surface area contributed by atoms with Crippen LogP contribution >= 0.6 is 0 Å². The van der Waals surface area contributed by atoms with Crippen molar-refractivity contribution in [3.8, 4) is 5.88 Å². The summed E-state index contributed by atoms with van der Waals surface area (Å²) in [5.41, 5.74) is 0. The van der Waals surface area contributed by atoms with E-state index in [1.165, 1.54) is 0 Å². The van der Waals surface area contributed by atoms with Gasteiger partial charge in [-0.2, -0.15) is 4.98 Å². The molecule has 4 nitrogen and oxygen atoms in total. The molecule has 2 heterocycles. The average Bonchev–Trinajstić information content (AvgIpc) is 2.30. The lowest BCUT2D eigenvalue weighted by molar-refractivity contribution is 0.397. The summed E-state index contributed by atoms with van der Waals surface area (Å²) >= 11 is 0. The number of nitrogens with zero attached hydrogens (tertiary/aromatic N) is 2. The van der Waals surface area contributed by atoms with E-state index in [0.717, 1.165) is 32.0 Å². The molecule has 0 aliphatic carbocycles. The maximum atomic E-state index is 5.09. The molecule has 0 bridgehead atoms. The van der Waals surface area contributed by atoms with Crippen molar-refractivity contribution in [2.75, 3.05) is 38.2 Å². The number of nitrogens with one attached hydrogen (secondary N) is 1. The fourth-order valence-corrected chi connectivity index (χ4v) is 1.59. The van der Waals surface area contributed by atoms with E-state index in [9.17, 15) is 0 Å². The first-order valence-electron chi connectivity index (χ1n) is 4.87. The van der Waals surface area contributed by atoms with E-state index in [-0.39, 0.29) is 0 Å². The number of piperazine rings is 1. The summed E-state index contributed by atoms with van der Waals surface area (Å²) in [7, 11) is 1.64. The van der Waals surface area contributed by atoms with Crippen LogP contribution in [-0.2, 0) is 0 Å². The minimum absolute atomic E-state index is 0.682. The zero-order valence-corrected chi connectivity index (χ0v) is 8.36. The number of pyridine rings is 1. The van der Waals surface area contributed by atoms with Crippen LogP contribution in [0, 0.1) is 0 Å². The van der Waals surface area contributed by atoms with Gasteiger partial charge in [0, 0.05) is 32.2 Å². The molecular weight excluding hydrogens is 178 g/mol. The molecule has 14 heavy (non-hydrogen) atoms. The summed E-state index contributed by atoms with van der Waals surface area (Å²) in [6.07, 6.45) is 0. The first-order chi connectivity index (χ1) is 6.90. The van der Waals surface area contributed by atoms with Crippen LogP contribution in [0.2, 0.25) is 0 Å². The number of hydrogen-bond acceptors (Lipinski definition) is 4. The monoisotopic (exact) mass is 193 g/mol. The van der Waals surface area contributed by atoms with Gasteiger partial charge in [-0.15, -0.1) is 0 Å². The van der Waals surface area contributed by atoms with Crippen LogP contribution in [0.1, 0.15) is 0 Å². The molecule has 4 heteroatoms. The molecule has 1 fully saturated rings. The summed E-state index contributed by atoms with van der Waals surface area (Å²) in [4.78, 5) is 6.65. The Balaban J connectivity index is 2.13. The lowest BCUT2D eigenvalue weighted by Gasteiger charge is -2.28. The Hall–Kier alpha value is -1.29. The maximum absolute atomic E-state index is 5.09. The highest BCUT2D eigenvalue weighted by Crippen LogP contribution is 2.15. The van der Waals surface area contributed by atoms with Crippen molar-refractivity contribution in [3.63, 3.8) is 0 Å². The van der Waals surface area contributed by atoms with Crippen LogP contribution in [0.4, 0.5) is 5.82 Å². The van der Waals surface area contributed by atoms with E-state index >= 15 is 0 Å². The van der Waals surface area contributed by atoms with Gasteiger partial charge in [-0.3, -0.25) is 0 Å². The van der Waals surface area contributed by atoms with Gasteiger partial charge < -0.3 is 15.0 Å². The standard InChI is InChI=1S/C10H15N3O/c1-14-10-4-2-3-9(12-10)13-7-5-11-6-8-13/h2-4,11H,5-8H2,1H3. The van der Waals surface area contributed by atoms with Gasteiger partial charge in [-0.25, -0.2) is 0 Å². The Morgan fingerprint density at radius 2 is 2.14 bits per heavy atom. The van der Waals surface area contributed by atoms with E-state index in [2.05, 4.69) is 15.2 Å². The number of hydrogen-bond donors (Lipinski definition) is 1.